The Hall–Kier alpha value is -1.50. The summed E-state index contributed by atoms with van der Waals surface area (Å²) in [5.41, 5.74) is 5.56. The monoisotopic (exact) mass is 354 g/mol. The maximum Gasteiger partial charge on any atom is 0.122 e. The molecule has 0 amide bonds. The first-order chi connectivity index (χ1) is 12.7. The lowest BCUT2D eigenvalue weighted by Crippen LogP contribution is -2.08. The van der Waals surface area contributed by atoms with E-state index in [1.165, 1.54) is 74.5 Å². The lowest BCUT2D eigenvalue weighted by Gasteiger charge is -2.23. The summed E-state index contributed by atoms with van der Waals surface area (Å²) in [6.07, 6.45) is 20.1. The van der Waals surface area contributed by atoms with Gasteiger partial charge < -0.3 is 4.74 Å². The standard InChI is InChI=1S/C25H38O/c1-5-7-12-22(21-14-10-9-11-15-21)16-17-23-19-24(13-8-6-2)25(26-4)18-20(23)3/h12,16-19,21H,5-11,13-15H2,1-4H3/b17-16?,22-12-. The lowest BCUT2D eigenvalue weighted by atomic mass is 9.83. The average Bonchev–Trinajstić information content (AvgIpc) is 2.68. The van der Waals surface area contributed by atoms with E-state index in [4.69, 9.17) is 4.74 Å². The van der Waals surface area contributed by atoms with E-state index in [1.54, 1.807) is 12.7 Å². The predicted molar refractivity (Wildman–Crippen MR) is 115 cm³/mol. The molecule has 1 heteroatoms. The fraction of sp³-hybridized carbons (Fsp3) is 0.600. The van der Waals surface area contributed by atoms with Gasteiger partial charge in [0.15, 0.2) is 0 Å². The van der Waals surface area contributed by atoms with Crippen LogP contribution in [0.4, 0.5) is 0 Å². The molecule has 1 aromatic carbocycles. The van der Waals surface area contributed by atoms with Crippen molar-refractivity contribution in [2.45, 2.75) is 85.0 Å². The van der Waals surface area contributed by atoms with Crippen molar-refractivity contribution in [2.24, 2.45) is 5.92 Å². The zero-order chi connectivity index (χ0) is 18.8. The smallest absolute Gasteiger partial charge is 0.122 e. The number of hydrogen-bond acceptors (Lipinski definition) is 1. The third-order valence-electron chi connectivity index (χ3n) is 5.67. The Bertz CT molecular complexity index is 603. The van der Waals surface area contributed by atoms with E-state index < -0.39 is 0 Å². The molecule has 0 spiro atoms. The van der Waals surface area contributed by atoms with Crippen molar-refractivity contribution >= 4 is 6.08 Å². The van der Waals surface area contributed by atoms with Gasteiger partial charge in [-0.05, 0) is 79.3 Å². The first kappa shape index (κ1) is 20.8. The first-order valence-electron chi connectivity index (χ1n) is 10.7. The van der Waals surface area contributed by atoms with Crippen molar-refractivity contribution in [1.82, 2.24) is 0 Å². The van der Waals surface area contributed by atoms with Gasteiger partial charge in [-0.2, -0.15) is 0 Å². The van der Waals surface area contributed by atoms with Gasteiger partial charge in [0.05, 0.1) is 7.11 Å². The molecule has 0 heterocycles. The molecule has 0 saturated heterocycles. The maximum absolute atomic E-state index is 5.62. The summed E-state index contributed by atoms with van der Waals surface area (Å²) in [6, 6.07) is 4.55. The zero-order valence-electron chi connectivity index (χ0n) is 17.4. The number of unbranched alkanes of at least 4 members (excludes halogenated alkanes) is 2. The largest absolute Gasteiger partial charge is 0.496 e. The van der Waals surface area contributed by atoms with E-state index in [1.807, 2.05) is 0 Å². The summed E-state index contributed by atoms with van der Waals surface area (Å²) in [7, 11) is 1.79. The number of ether oxygens (including phenoxy) is 1. The summed E-state index contributed by atoms with van der Waals surface area (Å²) in [5.74, 6) is 1.81. The number of hydrogen-bond donors (Lipinski definition) is 0. The van der Waals surface area contributed by atoms with Gasteiger partial charge in [-0.25, -0.2) is 0 Å². The quantitative estimate of drug-likeness (QED) is 0.413. The van der Waals surface area contributed by atoms with E-state index in [9.17, 15) is 0 Å². The minimum atomic E-state index is 0.768. The fourth-order valence-electron chi connectivity index (χ4n) is 3.98. The molecule has 0 atom stereocenters. The van der Waals surface area contributed by atoms with Crippen molar-refractivity contribution < 1.29 is 4.74 Å². The molecule has 1 nitrogen and oxygen atoms in total. The minimum Gasteiger partial charge on any atom is -0.496 e. The summed E-state index contributed by atoms with van der Waals surface area (Å²) in [4.78, 5) is 0. The fourth-order valence-corrected chi connectivity index (χ4v) is 3.98. The second-order valence-corrected chi connectivity index (χ2v) is 7.79. The second-order valence-electron chi connectivity index (χ2n) is 7.79. The zero-order valence-corrected chi connectivity index (χ0v) is 17.4. The number of methoxy groups -OCH3 is 1. The highest BCUT2D eigenvalue weighted by atomic mass is 16.5. The average molecular weight is 355 g/mol. The van der Waals surface area contributed by atoms with E-state index in [0.29, 0.717) is 0 Å². The molecule has 1 aliphatic carbocycles. The van der Waals surface area contributed by atoms with Crippen LogP contribution in [0.2, 0.25) is 0 Å². The number of allylic oxidation sites excluding steroid dienone is 3. The Balaban J connectivity index is 2.24. The van der Waals surface area contributed by atoms with Gasteiger partial charge in [0.1, 0.15) is 5.75 Å². The first-order valence-corrected chi connectivity index (χ1v) is 10.7. The number of rotatable bonds is 9. The van der Waals surface area contributed by atoms with Gasteiger partial charge in [-0.1, -0.05) is 64.2 Å². The van der Waals surface area contributed by atoms with Crippen LogP contribution in [-0.4, -0.2) is 7.11 Å². The molecular formula is C25H38O. The predicted octanol–water partition coefficient (Wildman–Crippen LogP) is 7.67. The summed E-state index contributed by atoms with van der Waals surface area (Å²) in [5, 5.41) is 0. The number of aryl methyl sites for hydroxylation is 2. The van der Waals surface area contributed by atoms with Crippen LogP contribution in [0.3, 0.4) is 0 Å². The molecule has 0 unspecified atom stereocenters. The van der Waals surface area contributed by atoms with Crippen LogP contribution in [0.15, 0.2) is 29.9 Å². The van der Waals surface area contributed by atoms with Gasteiger partial charge in [0.2, 0.25) is 0 Å². The van der Waals surface area contributed by atoms with Crippen molar-refractivity contribution in [3.8, 4) is 5.75 Å². The Labute approximate surface area is 161 Å². The van der Waals surface area contributed by atoms with Gasteiger partial charge in [-0.3, -0.25) is 0 Å². The Kier molecular flexibility index (Phi) is 9.01. The molecule has 26 heavy (non-hydrogen) atoms. The van der Waals surface area contributed by atoms with Crippen LogP contribution in [0.25, 0.3) is 6.08 Å². The SMILES string of the molecule is CCC/C=C(/C=Cc1cc(CCCC)c(OC)cc1C)C1CCCCC1. The Morgan fingerprint density at radius 3 is 2.54 bits per heavy atom. The molecule has 1 fully saturated rings. The van der Waals surface area contributed by atoms with Crippen LogP contribution in [0.1, 0.15) is 88.3 Å². The van der Waals surface area contributed by atoms with Crippen LogP contribution in [0, 0.1) is 12.8 Å². The highest BCUT2D eigenvalue weighted by Gasteiger charge is 2.16. The summed E-state index contributed by atoms with van der Waals surface area (Å²) in [6.45, 7) is 6.71. The van der Waals surface area contributed by atoms with Gasteiger partial charge >= 0.3 is 0 Å². The van der Waals surface area contributed by atoms with E-state index in [2.05, 4.69) is 51.1 Å². The highest BCUT2D eigenvalue weighted by molar-refractivity contribution is 5.60. The third kappa shape index (κ3) is 6.04. The van der Waals surface area contributed by atoms with Crippen molar-refractivity contribution in [3.63, 3.8) is 0 Å². The second kappa shape index (κ2) is 11.3. The van der Waals surface area contributed by atoms with E-state index in [0.717, 1.165) is 18.1 Å². The maximum atomic E-state index is 5.62. The van der Waals surface area contributed by atoms with Crippen LogP contribution < -0.4 is 4.74 Å². The molecule has 1 aliphatic rings. The molecule has 2 rings (SSSR count). The third-order valence-corrected chi connectivity index (χ3v) is 5.67. The number of benzene rings is 1. The molecule has 0 N–H and O–H groups in total. The van der Waals surface area contributed by atoms with E-state index in [-0.39, 0.29) is 0 Å². The van der Waals surface area contributed by atoms with Crippen LogP contribution >= 0.6 is 0 Å². The molecule has 0 radical (unpaired) electrons. The normalized spacial score (nSPS) is 16.4. The summed E-state index contributed by atoms with van der Waals surface area (Å²) < 4.78 is 5.62. The Morgan fingerprint density at radius 1 is 1.12 bits per heavy atom. The summed E-state index contributed by atoms with van der Waals surface area (Å²) >= 11 is 0. The van der Waals surface area contributed by atoms with Crippen LogP contribution in [-0.2, 0) is 6.42 Å². The van der Waals surface area contributed by atoms with Crippen molar-refractivity contribution in [1.29, 1.82) is 0 Å². The molecule has 0 aliphatic heterocycles. The molecule has 1 saturated carbocycles. The van der Waals surface area contributed by atoms with Crippen molar-refractivity contribution in [3.05, 3.63) is 46.5 Å². The molecular weight excluding hydrogens is 316 g/mol. The minimum absolute atomic E-state index is 0.768. The van der Waals surface area contributed by atoms with Gasteiger partial charge in [0.25, 0.3) is 0 Å². The molecule has 1 aromatic rings. The lowest BCUT2D eigenvalue weighted by molar-refractivity contribution is 0.407. The topological polar surface area (TPSA) is 9.23 Å². The van der Waals surface area contributed by atoms with E-state index >= 15 is 0 Å². The van der Waals surface area contributed by atoms with Gasteiger partial charge in [0, 0.05) is 0 Å². The highest BCUT2D eigenvalue weighted by Crippen LogP contribution is 2.32. The molecule has 0 bridgehead atoms. The van der Waals surface area contributed by atoms with Crippen molar-refractivity contribution in [2.75, 3.05) is 7.11 Å². The molecule has 0 aromatic heterocycles. The Morgan fingerprint density at radius 2 is 1.88 bits per heavy atom. The van der Waals surface area contributed by atoms with Gasteiger partial charge in [-0.15, -0.1) is 0 Å². The van der Waals surface area contributed by atoms with Crippen LogP contribution in [0.5, 0.6) is 5.75 Å². The molecule has 144 valence electrons.